The average Bonchev–Trinajstić information content (AvgIpc) is 3.24. The molecule has 1 N–H and O–H groups in total. The van der Waals surface area contributed by atoms with Gasteiger partial charge in [0.25, 0.3) is 5.91 Å². The molecule has 0 saturated carbocycles. The number of carbonyl (C=O) groups excluding carboxylic acids is 1. The maximum absolute atomic E-state index is 13.1. The second kappa shape index (κ2) is 7.90. The van der Waals surface area contributed by atoms with E-state index in [4.69, 9.17) is 0 Å². The predicted molar refractivity (Wildman–Crippen MR) is 106 cm³/mol. The molecule has 0 spiro atoms. The minimum atomic E-state index is -0.140. The van der Waals surface area contributed by atoms with Gasteiger partial charge in [-0.1, -0.05) is 13.3 Å². The van der Waals surface area contributed by atoms with Gasteiger partial charge < -0.3 is 5.32 Å². The third-order valence-electron chi connectivity index (χ3n) is 4.81. The van der Waals surface area contributed by atoms with Crippen LogP contribution in [0.5, 0.6) is 0 Å². The molecule has 144 valence electrons. The molecule has 3 heterocycles. The molecule has 0 bridgehead atoms. The highest BCUT2D eigenvalue weighted by molar-refractivity contribution is 6.06. The lowest BCUT2D eigenvalue weighted by atomic mass is 10.1. The Labute approximate surface area is 159 Å². The van der Waals surface area contributed by atoms with E-state index in [-0.39, 0.29) is 11.9 Å². The monoisotopic (exact) mass is 368 g/mol. The zero-order chi connectivity index (χ0) is 19.6. The zero-order valence-corrected chi connectivity index (χ0v) is 16.8. The van der Waals surface area contributed by atoms with Crippen molar-refractivity contribution in [3.63, 3.8) is 0 Å². The molecule has 0 saturated heterocycles. The van der Waals surface area contributed by atoms with Crippen LogP contribution < -0.4 is 5.32 Å². The molecular weight excluding hydrogens is 340 g/mol. The summed E-state index contributed by atoms with van der Waals surface area (Å²) >= 11 is 0. The maximum Gasteiger partial charge on any atom is 0.252 e. The highest BCUT2D eigenvalue weighted by atomic mass is 16.1. The molecule has 3 rings (SSSR count). The van der Waals surface area contributed by atoms with Crippen molar-refractivity contribution in [1.29, 1.82) is 0 Å². The van der Waals surface area contributed by atoms with Gasteiger partial charge in [0.05, 0.1) is 28.4 Å². The van der Waals surface area contributed by atoms with Gasteiger partial charge in [-0.15, -0.1) is 0 Å². The molecular formula is C20H28N6O. The van der Waals surface area contributed by atoms with E-state index in [1.807, 2.05) is 49.2 Å². The van der Waals surface area contributed by atoms with Crippen molar-refractivity contribution in [3.05, 3.63) is 41.0 Å². The number of amides is 1. The van der Waals surface area contributed by atoms with E-state index in [1.165, 1.54) is 0 Å². The molecule has 0 fully saturated rings. The Balaban J connectivity index is 1.95. The Hall–Kier alpha value is -2.70. The molecule has 7 heteroatoms. The second-order valence-corrected chi connectivity index (χ2v) is 6.94. The molecule has 27 heavy (non-hydrogen) atoms. The smallest absolute Gasteiger partial charge is 0.252 e. The first-order valence-electron chi connectivity index (χ1n) is 9.63. The van der Waals surface area contributed by atoms with Crippen LogP contribution >= 0.6 is 0 Å². The molecule has 0 aromatic carbocycles. The Bertz CT molecular complexity index is 955. The van der Waals surface area contributed by atoms with Gasteiger partial charge in [0.15, 0.2) is 5.65 Å². The van der Waals surface area contributed by atoms with Gasteiger partial charge in [-0.05, 0) is 46.2 Å². The average molecular weight is 368 g/mol. The van der Waals surface area contributed by atoms with Crippen LogP contribution in [0.25, 0.3) is 11.0 Å². The molecule has 0 aliphatic carbocycles. The molecule has 0 aliphatic rings. The van der Waals surface area contributed by atoms with Crippen molar-refractivity contribution in [2.24, 2.45) is 0 Å². The summed E-state index contributed by atoms with van der Waals surface area (Å²) in [5.41, 5.74) is 4.06. The Kier molecular flexibility index (Phi) is 5.58. The van der Waals surface area contributed by atoms with Gasteiger partial charge in [0.1, 0.15) is 0 Å². The van der Waals surface area contributed by atoms with Crippen molar-refractivity contribution in [2.45, 2.75) is 66.6 Å². The van der Waals surface area contributed by atoms with Crippen LogP contribution in [0, 0.1) is 13.8 Å². The number of pyridine rings is 1. The van der Waals surface area contributed by atoms with Crippen molar-refractivity contribution in [3.8, 4) is 0 Å². The molecule has 0 radical (unpaired) electrons. The number of hydrogen-bond donors (Lipinski definition) is 1. The van der Waals surface area contributed by atoms with Crippen LogP contribution in [0.2, 0.25) is 0 Å². The number of rotatable bonds is 7. The SMILES string of the molecule is CCCCn1nc(C)c2c(C(=O)NC(C)c3ccnn3CC)cc(C)nc21. The van der Waals surface area contributed by atoms with Gasteiger partial charge in [-0.25, -0.2) is 9.67 Å². The number of fused-ring (bicyclic) bond motifs is 1. The quantitative estimate of drug-likeness (QED) is 0.692. The predicted octanol–water partition coefficient (Wildman–Crippen LogP) is 3.56. The number of unbranched alkanes of at least 4 members (excludes halogenated alkanes) is 1. The third-order valence-corrected chi connectivity index (χ3v) is 4.81. The number of carbonyl (C=O) groups is 1. The van der Waals surface area contributed by atoms with E-state index in [0.29, 0.717) is 5.56 Å². The van der Waals surface area contributed by atoms with Crippen LogP contribution in [0.1, 0.15) is 67.1 Å². The summed E-state index contributed by atoms with van der Waals surface area (Å²) in [5, 5.41) is 12.9. The van der Waals surface area contributed by atoms with Crippen LogP contribution in [-0.2, 0) is 13.1 Å². The lowest BCUT2D eigenvalue weighted by Gasteiger charge is -2.16. The molecule has 3 aromatic heterocycles. The first-order chi connectivity index (χ1) is 13.0. The zero-order valence-electron chi connectivity index (χ0n) is 16.8. The van der Waals surface area contributed by atoms with Crippen molar-refractivity contribution in [1.82, 2.24) is 29.9 Å². The highest BCUT2D eigenvalue weighted by Gasteiger charge is 2.21. The first kappa shape index (κ1) is 19.1. The summed E-state index contributed by atoms with van der Waals surface area (Å²) < 4.78 is 3.82. The Morgan fingerprint density at radius 1 is 1.26 bits per heavy atom. The minimum Gasteiger partial charge on any atom is -0.344 e. The lowest BCUT2D eigenvalue weighted by Crippen LogP contribution is -2.28. The number of nitrogens with zero attached hydrogens (tertiary/aromatic N) is 5. The summed E-state index contributed by atoms with van der Waals surface area (Å²) in [6.45, 7) is 11.6. The Morgan fingerprint density at radius 2 is 2.04 bits per heavy atom. The van der Waals surface area contributed by atoms with Crippen LogP contribution in [0.15, 0.2) is 18.3 Å². The summed E-state index contributed by atoms with van der Waals surface area (Å²) in [6, 6.07) is 3.65. The fourth-order valence-corrected chi connectivity index (χ4v) is 3.44. The number of hydrogen-bond acceptors (Lipinski definition) is 4. The minimum absolute atomic E-state index is 0.111. The number of aromatic nitrogens is 5. The van der Waals surface area contributed by atoms with E-state index in [9.17, 15) is 4.79 Å². The van der Waals surface area contributed by atoms with E-state index < -0.39 is 0 Å². The fraction of sp³-hybridized carbons (Fsp3) is 0.500. The molecule has 1 amide bonds. The van der Waals surface area contributed by atoms with Crippen LogP contribution in [-0.4, -0.2) is 30.5 Å². The molecule has 1 atom stereocenters. The number of nitrogens with one attached hydrogen (secondary N) is 1. The standard InChI is InChI=1S/C20H28N6O/c1-6-8-11-26-19-18(15(5)24-26)16(12-13(3)22-19)20(27)23-14(4)17-9-10-21-25(17)7-2/h9-10,12,14H,6-8,11H2,1-5H3,(H,23,27). The van der Waals surface area contributed by atoms with Gasteiger partial charge >= 0.3 is 0 Å². The lowest BCUT2D eigenvalue weighted by molar-refractivity contribution is 0.0939. The number of aryl methyl sites for hydroxylation is 4. The fourth-order valence-electron chi connectivity index (χ4n) is 3.44. The first-order valence-corrected chi connectivity index (χ1v) is 9.63. The van der Waals surface area contributed by atoms with Crippen molar-refractivity contribution < 1.29 is 4.79 Å². The van der Waals surface area contributed by atoms with E-state index in [0.717, 1.165) is 54.0 Å². The topological polar surface area (TPSA) is 77.6 Å². The summed E-state index contributed by atoms with van der Waals surface area (Å²) in [4.78, 5) is 17.7. The van der Waals surface area contributed by atoms with E-state index >= 15 is 0 Å². The second-order valence-electron chi connectivity index (χ2n) is 6.94. The maximum atomic E-state index is 13.1. The molecule has 0 aliphatic heterocycles. The van der Waals surface area contributed by atoms with Crippen LogP contribution in [0.4, 0.5) is 0 Å². The highest BCUT2D eigenvalue weighted by Crippen LogP contribution is 2.23. The van der Waals surface area contributed by atoms with Crippen molar-refractivity contribution >= 4 is 16.9 Å². The Morgan fingerprint density at radius 3 is 2.74 bits per heavy atom. The van der Waals surface area contributed by atoms with Gasteiger partial charge in [-0.2, -0.15) is 10.2 Å². The third kappa shape index (κ3) is 3.72. The van der Waals surface area contributed by atoms with E-state index in [2.05, 4.69) is 27.4 Å². The van der Waals surface area contributed by atoms with Gasteiger partial charge in [-0.3, -0.25) is 9.48 Å². The molecule has 1 unspecified atom stereocenters. The van der Waals surface area contributed by atoms with Crippen molar-refractivity contribution in [2.75, 3.05) is 0 Å². The summed E-state index contributed by atoms with van der Waals surface area (Å²) in [5.74, 6) is -0.111. The van der Waals surface area contributed by atoms with Gasteiger partial charge in [0, 0.05) is 25.0 Å². The van der Waals surface area contributed by atoms with Crippen LogP contribution in [0.3, 0.4) is 0 Å². The molecule has 3 aromatic rings. The molecule has 7 nitrogen and oxygen atoms in total. The largest absolute Gasteiger partial charge is 0.344 e. The van der Waals surface area contributed by atoms with E-state index in [1.54, 1.807) is 6.20 Å². The van der Waals surface area contributed by atoms with Gasteiger partial charge in [0.2, 0.25) is 0 Å². The summed E-state index contributed by atoms with van der Waals surface area (Å²) in [6.07, 6.45) is 3.88. The normalized spacial score (nSPS) is 12.5. The summed E-state index contributed by atoms with van der Waals surface area (Å²) in [7, 11) is 0.